The Bertz CT molecular complexity index is 594. The Labute approximate surface area is 133 Å². The van der Waals surface area contributed by atoms with Crippen molar-refractivity contribution in [2.24, 2.45) is 5.84 Å². The van der Waals surface area contributed by atoms with Gasteiger partial charge in [-0.05, 0) is 54.3 Å². The third-order valence-electron chi connectivity index (χ3n) is 3.12. The van der Waals surface area contributed by atoms with E-state index in [4.69, 9.17) is 40.6 Å². The fourth-order valence-electron chi connectivity index (χ4n) is 2.09. The second-order valence-corrected chi connectivity index (χ2v) is 6.00. The van der Waals surface area contributed by atoms with Crippen molar-refractivity contribution in [3.05, 3.63) is 68.2 Å². The maximum Gasteiger partial charge on any atom is 0.0501 e. The molecule has 0 saturated heterocycles. The molecule has 2 nitrogen and oxygen atoms in total. The Balaban J connectivity index is 2.28. The van der Waals surface area contributed by atoms with Gasteiger partial charge < -0.3 is 0 Å². The lowest BCUT2D eigenvalue weighted by Gasteiger charge is -2.18. The molecule has 0 saturated carbocycles. The van der Waals surface area contributed by atoms with Gasteiger partial charge in [-0.25, -0.2) is 0 Å². The Hall–Kier alpha value is -0.770. The van der Waals surface area contributed by atoms with Crippen molar-refractivity contribution >= 4 is 34.8 Å². The predicted molar refractivity (Wildman–Crippen MR) is 86.4 cm³/mol. The molecule has 106 valence electrons. The number of halogens is 3. The highest BCUT2D eigenvalue weighted by atomic mass is 35.5. The van der Waals surface area contributed by atoms with Crippen LogP contribution in [0.3, 0.4) is 0 Å². The van der Waals surface area contributed by atoms with E-state index >= 15 is 0 Å². The van der Waals surface area contributed by atoms with Crippen LogP contribution in [0.2, 0.25) is 15.1 Å². The maximum absolute atomic E-state index is 6.26. The summed E-state index contributed by atoms with van der Waals surface area (Å²) in [6.45, 7) is 2.01. The summed E-state index contributed by atoms with van der Waals surface area (Å²) in [7, 11) is 0. The number of hydrogen-bond donors (Lipinski definition) is 2. The van der Waals surface area contributed by atoms with Crippen molar-refractivity contribution < 1.29 is 0 Å². The average Bonchev–Trinajstić information content (AvgIpc) is 2.36. The van der Waals surface area contributed by atoms with Gasteiger partial charge in [-0.2, -0.15) is 0 Å². The number of hydrogen-bond acceptors (Lipinski definition) is 2. The number of aryl methyl sites for hydroxylation is 1. The molecule has 0 aromatic heterocycles. The first-order valence-corrected chi connectivity index (χ1v) is 7.30. The SMILES string of the molecule is Cc1ccc(CC(NN)c2cc(Cl)cc(Cl)c2)c(Cl)c1. The highest BCUT2D eigenvalue weighted by Crippen LogP contribution is 2.28. The second-order valence-electron chi connectivity index (χ2n) is 4.72. The van der Waals surface area contributed by atoms with Gasteiger partial charge in [0.2, 0.25) is 0 Å². The minimum Gasteiger partial charge on any atom is -0.271 e. The van der Waals surface area contributed by atoms with Gasteiger partial charge in [0.1, 0.15) is 0 Å². The monoisotopic (exact) mass is 328 g/mol. The molecule has 20 heavy (non-hydrogen) atoms. The van der Waals surface area contributed by atoms with Crippen LogP contribution in [0, 0.1) is 6.92 Å². The normalized spacial score (nSPS) is 12.4. The standard InChI is InChI=1S/C15H15Cl3N2/c1-9-2-3-10(14(18)4-9)7-15(20-19)11-5-12(16)8-13(17)6-11/h2-6,8,15,20H,7,19H2,1H3. The van der Waals surface area contributed by atoms with Crippen LogP contribution in [0.1, 0.15) is 22.7 Å². The third-order valence-corrected chi connectivity index (χ3v) is 3.91. The van der Waals surface area contributed by atoms with Gasteiger partial charge in [-0.1, -0.05) is 46.9 Å². The Morgan fingerprint density at radius 2 is 1.70 bits per heavy atom. The first-order valence-electron chi connectivity index (χ1n) is 6.16. The van der Waals surface area contributed by atoms with Crippen LogP contribution in [-0.2, 0) is 6.42 Å². The molecule has 0 aliphatic rings. The van der Waals surface area contributed by atoms with Crippen molar-refractivity contribution in [2.45, 2.75) is 19.4 Å². The number of hydrazine groups is 1. The van der Waals surface area contributed by atoms with Crippen LogP contribution in [0.15, 0.2) is 36.4 Å². The Morgan fingerprint density at radius 3 is 2.25 bits per heavy atom. The zero-order valence-electron chi connectivity index (χ0n) is 11.0. The van der Waals surface area contributed by atoms with Gasteiger partial charge in [0.25, 0.3) is 0 Å². The average molecular weight is 330 g/mol. The van der Waals surface area contributed by atoms with Crippen molar-refractivity contribution in [1.82, 2.24) is 5.43 Å². The van der Waals surface area contributed by atoms with E-state index in [1.54, 1.807) is 6.07 Å². The quantitative estimate of drug-likeness (QED) is 0.630. The lowest BCUT2D eigenvalue weighted by atomic mass is 9.98. The number of benzene rings is 2. The number of nitrogens with two attached hydrogens (primary N) is 1. The first-order chi connectivity index (χ1) is 9.49. The van der Waals surface area contributed by atoms with Crippen molar-refractivity contribution in [2.75, 3.05) is 0 Å². The molecule has 0 amide bonds. The van der Waals surface area contributed by atoms with Crippen molar-refractivity contribution in [3.63, 3.8) is 0 Å². The molecular weight excluding hydrogens is 315 g/mol. The van der Waals surface area contributed by atoms with E-state index in [1.165, 1.54) is 0 Å². The summed E-state index contributed by atoms with van der Waals surface area (Å²) in [6.07, 6.45) is 0.659. The summed E-state index contributed by atoms with van der Waals surface area (Å²) in [4.78, 5) is 0. The van der Waals surface area contributed by atoms with Gasteiger partial charge >= 0.3 is 0 Å². The highest BCUT2D eigenvalue weighted by Gasteiger charge is 2.14. The fourth-order valence-corrected chi connectivity index (χ4v) is 2.94. The molecule has 0 heterocycles. The molecule has 0 aliphatic heterocycles. The van der Waals surface area contributed by atoms with E-state index in [9.17, 15) is 0 Å². The smallest absolute Gasteiger partial charge is 0.0501 e. The molecule has 0 fully saturated rings. The predicted octanol–water partition coefficient (Wildman–Crippen LogP) is 4.70. The number of nitrogens with one attached hydrogen (secondary N) is 1. The van der Waals surface area contributed by atoms with Gasteiger partial charge in [-0.3, -0.25) is 11.3 Å². The lowest BCUT2D eigenvalue weighted by Crippen LogP contribution is -2.29. The molecule has 0 spiro atoms. The summed E-state index contributed by atoms with van der Waals surface area (Å²) < 4.78 is 0. The summed E-state index contributed by atoms with van der Waals surface area (Å²) in [6, 6.07) is 11.3. The Morgan fingerprint density at radius 1 is 1.05 bits per heavy atom. The van der Waals surface area contributed by atoms with Crippen molar-refractivity contribution in [3.8, 4) is 0 Å². The number of rotatable bonds is 4. The van der Waals surface area contributed by atoms with Crippen LogP contribution >= 0.6 is 34.8 Å². The summed E-state index contributed by atoms with van der Waals surface area (Å²) >= 11 is 18.3. The summed E-state index contributed by atoms with van der Waals surface area (Å²) in [5.74, 6) is 5.65. The van der Waals surface area contributed by atoms with Crippen LogP contribution in [0.25, 0.3) is 0 Å². The highest BCUT2D eigenvalue weighted by molar-refractivity contribution is 6.34. The van der Waals surface area contributed by atoms with Gasteiger partial charge in [0.15, 0.2) is 0 Å². The zero-order valence-corrected chi connectivity index (χ0v) is 13.2. The minimum atomic E-state index is -0.105. The van der Waals surface area contributed by atoms with Gasteiger partial charge in [0.05, 0.1) is 6.04 Å². The maximum atomic E-state index is 6.26. The lowest BCUT2D eigenvalue weighted by molar-refractivity contribution is 0.552. The fraction of sp³-hybridized carbons (Fsp3) is 0.200. The van der Waals surface area contributed by atoms with E-state index < -0.39 is 0 Å². The summed E-state index contributed by atoms with van der Waals surface area (Å²) in [5, 5.41) is 1.91. The van der Waals surface area contributed by atoms with Crippen LogP contribution in [-0.4, -0.2) is 0 Å². The van der Waals surface area contributed by atoms with Crippen LogP contribution < -0.4 is 11.3 Å². The second kappa shape index (κ2) is 6.79. The van der Waals surface area contributed by atoms with Crippen LogP contribution in [0.5, 0.6) is 0 Å². The van der Waals surface area contributed by atoms with E-state index in [2.05, 4.69) is 5.43 Å². The van der Waals surface area contributed by atoms with Gasteiger partial charge in [-0.15, -0.1) is 0 Å². The molecule has 2 aromatic carbocycles. The first kappa shape index (κ1) is 15.6. The summed E-state index contributed by atoms with van der Waals surface area (Å²) in [5.41, 5.74) is 5.87. The largest absolute Gasteiger partial charge is 0.271 e. The van der Waals surface area contributed by atoms with E-state index in [1.807, 2.05) is 37.3 Å². The molecule has 2 aromatic rings. The van der Waals surface area contributed by atoms with E-state index in [0.717, 1.165) is 21.7 Å². The molecule has 1 unspecified atom stereocenters. The molecule has 0 radical (unpaired) electrons. The van der Waals surface area contributed by atoms with E-state index in [0.29, 0.717) is 16.5 Å². The minimum absolute atomic E-state index is 0.105. The molecule has 1 atom stereocenters. The molecular formula is C15H15Cl3N2. The molecule has 0 bridgehead atoms. The third kappa shape index (κ3) is 3.87. The molecule has 2 rings (SSSR count). The Kier molecular flexibility index (Phi) is 5.30. The molecule has 5 heteroatoms. The molecule has 0 aliphatic carbocycles. The van der Waals surface area contributed by atoms with Crippen molar-refractivity contribution in [1.29, 1.82) is 0 Å². The zero-order chi connectivity index (χ0) is 14.7. The molecule has 3 N–H and O–H groups in total. The van der Waals surface area contributed by atoms with Gasteiger partial charge in [0, 0.05) is 15.1 Å². The van der Waals surface area contributed by atoms with Crippen LogP contribution in [0.4, 0.5) is 0 Å². The topological polar surface area (TPSA) is 38.0 Å². The van der Waals surface area contributed by atoms with E-state index in [-0.39, 0.29) is 6.04 Å².